The van der Waals surface area contributed by atoms with Crippen molar-refractivity contribution in [2.24, 2.45) is 0 Å². The quantitative estimate of drug-likeness (QED) is 0.539. The molecule has 7 heteroatoms. The van der Waals surface area contributed by atoms with Crippen LogP contribution in [0.1, 0.15) is 49.0 Å². The molecule has 0 bridgehead atoms. The molecule has 0 saturated carbocycles. The van der Waals surface area contributed by atoms with E-state index in [2.05, 4.69) is 10.2 Å². The molecule has 2 heterocycles. The third-order valence-corrected chi connectivity index (χ3v) is 6.34. The molecule has 0 spiro atoms. The van der Waals surface area contributed by atoms with Crippen molar-refractivity contribution in [2.75, 3.05) is 13.2 Å². The first kappa shape index (κ1) is 22.9. The Morgan fingerprint density at radius 3 is 2.42 bits per heavy atom. The zero-order valence-corrected chi connectivity index (χ0v) is 18.9. The molecule has 1 aliphatic heterocycles. The summed E-state index contributed by atoms with van der Waals surface area (Å²) in [5.41, 5.74) is 3.49. The second-order valence-electron chi connectivity index (χ2n) is 8.50. The van der Waals surface area contributed by atoms with Gasteiger partial charge in [0.2, 0.25) is 0 Å². The zero-order valence-electron chi connectivity index (χ0n) is 18.9. The van der Waals surface area contributed by atoms with E-state index in [0.29, 0.717) is 25.8 Å². The summed E-state index contributed by atoms with van der Waals surface area (Å²) in [6.07, 6.45) is 1.12. The van der Waals surface area contributed by atoms with Crippen molar-refractivity contribution >= 4 is 6.09 Å². The van der Waals surface area contributed by atoms with E-state index < -0.39 is 11.7 Å². The number of halogens is 1. The van der Waals surface area contributed by atoms with Crippen molar-refractivity contribution < 1.29 is 19.0 Å². The monoisotopic (exact) mass is 449 g/mol. The summed E-state index contributed by atoms with van der Waals surface area (Å²) < 4.78 is 19.5. The highest BCUT2D eigenvalue weighted by molar-refractivity contribution is 5.70. The number of amides is 1. The van der Waals surface area contributed by atoms with Crippen LogP contribution in [0.15, 0.2) is 60.7 Å². The molecular weight excluding hydrogens is 421 g/mol. The average molecular weight is 450 g/mol. The third-order valence-electron chi connectivity index (χ3n) is 6.34. The van der Waals surface area contributed by atoms with Gasteiger partial charge in [0.25, 0.3) is 0 Å². The lowest BCUT2D eigenvalue weighted by Crippen LogP contribution is -2.48. The molecule has 0 aliphatic carbocycles. The standard InChI is InChI=1S/C26H28FN3O3/c1-18-4-13-24(29-28-18)21-7-5-20(6-8-21)19(2)30-16-15-26(14-3-17-31,33-25(30)32)22-9-11-23(27)12-10-22/h4-13,19,31H,3,14-17H2,1-2H3/t19-,26?/m0/s1. The normalized spacial score (nSPS) is 19.3. The molecular formula is C26H28FN3O3. The smallest absolute Gasteiger partial charge is 0.411 e. The van der Waals surface area contributed by atoms with Gasteiger partial charge in [0.1, 0.15) is 11.4 Å². The number of hydrogen-bond acceptors (Lipinski definition) is 5. The van der Waals surface area contributed by atoms with Crippen LogP contribution in [0.2, 0.25) is 0 Å². The number of nitrogens with zero attached hydrogens (tertiary/aromatic N) is 3. The molecule has 1 fully saturated rings. The number of hydrogen-bond donors (Lipinski definition) is 1. The van der Waals surface area contributed by atoms with Crippen molar-refractivity contribution in [1.29, 1.82) is 0 Å². The van der Waals surface area contributed by atoms with Crippen LogP contribution >= 0.6 is 0 Å². The Morgan fingerprint density at radius 1 is 1.09 bits per heavy atom. The fraction of sp³-hybridized carbons (Fsp3) is 0.346. The molecule has 1 aliphatic rings. The summed E-state index contributed by atoms with van der Waals surface area (Å²) in [6, 6.07) is 17.7. The number of rotatable bonds is 7. The maximum absolute atomic E-state index is 13.5. The molecule has 1 amide bonds. The summed E-state index contributed by atoms with van der Waals surface area (Å²) in [4.78, 5) is 14.8. The Labute approximate surface area is 193 Å². The highest BCUT2D eigenvalue weighted by Gasteiger charge is 2.43. The van der Waals surface area contributed by atoms with E-state index in [9.17, 15) is 14.3 Å². The second-order valence-corrected chi connectivity index (χ2v) is 8.50. The third kappa shape index (κ3) is 4.88. The summed E-state index contributed by atoms with van der Waals surface area (Å²) >= 11 is 0. The van der Waals surface area contributed by atoms with Crippen LogP contribution < -0.4 is 0 Å². The molecule has 1 unspecified atom stereocenters. The zero-order chi connectivity index (χ0) is 23.4. The van der Waals surface area contributed by atoms with Gasteiger partial charge in [-0.1, -0.05) is 36.4 Å². The molecule has 4 rings (SSSR count). The molecule has 3 aromatic rings. The first-order chi connectivity index (χ1) is 15.9. The van der Waals surface area contributed by atoms with Crippen LogP contribution in [0.25, 0.3) is 11.3 Å². The van der Waals surface area contributed by atoms with Crippen LogP contribution in [0.3, 0.4) is 0 Å². The Kier molecular flexibility index (Phi) is 6.70. The van der Waals surface area contributed by atoms with Crippen LogP contribution in [-0.4, -0.2) is 39.4 Å². The van der Waals surface area contributed by atoms with Gasteiger partial charge in [0.15, 0.2) is 0 Å². The molecule has 172 valence electrons. The summed E-state index contributed by atoms with van der Waals surface area (Å²) in [7, 11) is 0. The van der Waals surface area contributed by atoms with Gasteiger partial charge >= 0.3 is 6.09 Å². The summed E-state index contributed by atoms with van der Waals surface area (Å²) in [5, 5.41) is 17.7. The van der Waals surface area contributed by atoms with Gasteiger partial charge < -0.3 is 14.7 Å². The van der Waals surface area contributed by atoms with Gasteiger partial charge in [-0.05, 0) is 62.1 Å². The Morgan fingerprint density at radius 2 is 1.82 bits per heavy atom. The number of aromatic nitrogens is 2. The maximum atomic E-state index is 13.5. The van der Waals surface area contributed by atoms with Crippen molar-refractivity contribution in [3.63, 3.8) is 0 Å². The number of aliphatic hydroxyl groups excluding tert-OH is 1. The first-order valence-electron chi connectivity index (χ1n) is 11.2. The lowest BCUT2D eigenvalue weighted by Gasteiger charge is -2.43. The molecule has 1 N–H and O–H groups in total. The van der Waals surface area contributed by atoms with Crippen molar-refractivity contribution in [3.05, 3.63) is 83.3 Å². The summed E-state index contributed by atoms with van der Waals surface area (Å²) in [5.74, 6) is -0.339. The van der Waals surface area contributed by atoms with E-state index in [1.165, 1.54) is 12.1 Å². The number of benzene rings is 2. The van der Waals surface area contributed by atoms with E-state index in [0.717, 1.165) is 28.1 Å². The van der Waals surface area contributed by atoms with E-state index in [1.54, 1.807) is 17.0 Å². The fourth-order valence-electron chi connectivity index (χ4n) is 4.33. The minimum Gasteiger partial charge on any atom is -0.438 e. The fourth-order valence-corrected chi connectivity index (χ4v) is 4.33. The first-order valence-corrected chi connectivity index (χ1v) is 11.2. The number of aryl methyl sites for hydroxylation is 1. The van der Waals surface area contributed by atoms with Crippen LogP contribution in [0.4, 0.5) is 9.18 Å². The minimum atomic E-state index is -0.863. The van der Waals surface area contributed by atoms with E-state index in [-0.39, 0.29) is 18.5 Å². The highest BCUT2D eigenvalue weighted by atomic mass is 19.1. The van der Waals surface area contributed by atoms with E-state index >= 15 is 0 Å². The number of ether oxygens (including phenoxy) is 1. The average Bonchev–Trinajstić information content (AvgIpc) is 2.83. The highest BCUT2D eigenvalue weighted by Crippen LogP contribution is 2.40. The van der Waals surface area contributed by atoms with Crippen LogP contribution in [0, 0.1) is 12.7 Å². The van der Waals surface area contributed by atoms with E-state index in [4.69, 9.17) is 4.74 Å². The molecule has 0 radical (unpaired) electrons. The van der Waals surface area contributed by atoms with Gasteiger partial charge in [0, 0.05) is 25.1 Å². The maximum Gasteiger partial charge on any atom is 0.411 e. The number of carbonyl (C=O) groups is 1. The predicted octanol–water partition coefficient (Wildman–Crippen LogP) is 5.16. The van der Waals surface area contributed by atoms with Gasteiger partial charge in [-0.15, -0.1) is 0 Å². The topological polar surface area (TPSA) is 75.6 Å². The molecule has 2 atom stereocenters. The van der Waals surface area contributed by atoms with Gasteiger partial charge in [0.05, 0.1) is 17.4 Å². The van der Waals surface area contributed by atoms with Gasteiger partial charge in [-0.25, -0.2) is 9.18 Å². The van der Waals surface area contributed by atoms with E-state index in [1.807, 2.05) is 50.2 Å². The number of cyclic esters (lactones) is 1. The van der Waals surface area contributed by atoms with Gasteiger partial charge in [-0.2, -0.15) is 10.2 Å². The Bertz CT molecular complexity index is 1090. The minimum absolute atomic E-state index is 0.00167. The number of aliphatic hydroxyl groups is 1. The Balaban J connectivity index is 1.50. The van der Waals surface area contributed by atoms with Gasteiger partial charge in [-0.3, -0.25) is 0 Å². The largest absolute Gasteiger partial charge is 0.438 e. The lowest BCUT2D eigenvalue weighted by atomic mass is 9.84. The second kappa shape index (κ2) is 9.67. The van der Waals surface area contributed by atoms with Crippen LogP contribution in [0.5, 0.6) is 0 Å². The predicted molar refractivity (Wildman–Crippen MR) is 123 cm³/mol. The van der Waals surface area contributed by atoms with Crippen molar-refractivity contribution in [3.8, 4) is 11.3 Å². The molecule has 1 saturated heterocycles. The molecule has 1 aromatic heterocycles. The number of carbonyl (C=O) groups excluding carboxylic acids is 1. The Hall–Kier alpha value is -3.32. The molecule has 33 heavy (non-hydrogen) atoms. The lowest BCUT2D eigenvalue weighted by molar-refractivity contribution is -0.0680. The molecule has 6 nitrogen and oxygen atoms in total. The molecule has 2 aromatic carbocycles. The van der Waals surface area contributed by atoms with Crippen LogP contribution in [-0.2, 0) is 10.3 Å². The summed E-state index contributed by atoms with van der Waals surface area (Å²) in [6.45, 7) is 4.36. The SMILES string of the molecule is Cc1ccc(-c2ccc([C@H](C)N3CCC(CCCO)(c4ccc(F)cc4)OC3=O)cc2)nn1. The van der Waals surface area contributed by atoms with Crippen molar-refractivity contribution in [2.45, 2.75) is 44.8 Å². The van der Waals surface area contributed by atoms with Crippen molar-refractivity contribution in [1.82, 2.24) is 15.1 Å².